The minimum absolute atomic E-state index is 0.294. The van der Waals surface area contributed by atoms with Crippen LogP contribution in [0.25, 0.3) is 11.2 Å². The zero-order valence-corrected chi connectivity index (χ0v) is 15.9. The molecule has 27 heavy (non-hydrogen) atoms. The van der Waals surface area contributed by atoms with E-state index in [1.54, 1.807) is 7.05 Å². The van der Waals surface area contributed by atoms with Crippen LogP contribution in [0.3, 0.4) is 0 Å². The van der Waals surface area contributed by atoms with E-state index in [0.29, 0.717) is 17.7 Å². The van der Waals surface area contributed by atoms with Gasteiger partial charge < -0.3 is 4.90 Å². The van der Waals surface area contributed by atoms with Gasteiger partial charge in [0.15, 0.2) is 11.2 Å². The second-order valence-corrected chi connectivity index (χ2v) is 7.26. The van der Waals surface area contributed by atoms with Gasteiger partial charge in [-0.1, -0.05) is 43.2 Å². The summed E-state index contributed by atoms with van der Waals surface area (Å²) in [6.45, 7) is 2.40. The molecule has 0 amide bonds. The molecule has 0 saturated carbocycles. The Morgan fingerprint density at radius 1 is 0.926 bits per heavy atom. The van der Waals surface area contributed by atoms with Crippen LogP contribution in [0.4, 0.5) is 5.95 Å². The predicted octanol–water partition coefficient (Wildman–Crippen LogP) is 1.86. The largest absolute Gasteiger partial charge is 0.342 e. The number of anilines is 1. The van der Waals surface area contributed by atoms with Gasteiger partial charge in [0.1, 0.15) is 0 Å². The Hall–Kier alpha value is -2.83. The van der Waals surface area contributed by atoms with Crippen LogP contribution in [0.2, 0.25) is 0 Å². The smallest absolute Gasteiger partial charge is 0.332 e. The molecule has 7 nitrogen and oxygen atoms in total. The van der Waals surface area contributed by atoms with E-state index >= 15 is 0 Å². The lowest BCUT2D eigenvalue weighted by molar-refractivity contribution is 0.697. The molecule has 3 heterocycles. The fourth-order valence-electron chi connectivity index (χ4n) is 3.86. The second-order valence-electron chi connectivity index (χ2n) is 7.26. The highest BCUT2D eigenvalue weighted by Gasteiger charge is 2.23. The molecule has 4 rings (SSSR count). The van der Waals surface area contributed by atoms with Gasteiger partial charge in [-0.2, -0.15) is 4.98 Å². The van der Waals surface area contributed by atoms with Crippen LogP contribution in [0.5, 0.6) is 0 Å². The van der Waals surface area contributed by atoms with Crippen molar-refractivity contribution < 1.29 is 0 Å². The highest BCUT2D eigenvalue weighted by atomic mass is 16.2. The summed E-state index contributed by atoms with van der Waals surface area (Å²) in [5.74, 6) is 0.786. The number of benzene rings is 1. The normalized spacial score (nSPS) is 15.3. The van der Waals surface area contributed by atoms with Gasteiger partial charge >= 0.3 is 5.69 Å². The van der Waals surface area contributed by atoms with Crippen molar-refractivity contribution in [1.29, 1.82) is 0 Å². The third kappa shape index (κ3) is 3.07. The number of rotatable bonds is 3. The van der Waals surface area contributed by atoms with Gasteiger partial charge in [0.25, 0.3) is 5.56 Å². The molecule has 0 radical (unpaired) electrons. The lowest BCUT2D eigenvalue weighted by atomic mass is 10.2. The molecule has 0 atom stereocenters. The van der Waals surface area contributed by atoms with Crippen molar-refractivity contribution in [3.8, 4) is 0 Å². The number of aryl methyl sites for hydroxylation is 1. The Morgan fingerprint density at radius 3 is 2.26 bits per heavy atom. The number of imidazole rings is 1. The molecule has 1 fully saturated rings. The summed E-state index contributed by atoms with van der Waals surface area (Å²) in [5.41, 5.74) is 1.40. The van der Waals surface area contributed by atoms with Crippen molar-refractivity contribution in [3.63, 3.8) is 0 Å². The van der Waals surface area contributed by atoms with E-state index in [2.05, 4.69) is 4.90 Å². The third-order valence-electron chi connectivity index (χ3n) is 5.40. The molecule has 1 aliphatic rings. The first-order valence-corrected chi connectivity index (χ1v) is 9.53. The minimum Gasteiger partial charge on any atom is -0.342 e. The molecule has 1 aromatic carbocycles. The van der Waals surface area contributed by atoms with Gasteiger partial charge in [-0.25, -0.2) is 4.79 Å². The fraction of sp³-hybridized carbons (Fsp3) is 0.450. The maximum absolute atomic E-state index is 12.9. The Kier molecular flexibility index (Phi) is 4.59. The zero-order chi connectivity index (χ0) is 19.0. The highest BCUT2D eigenvalue weighted by molar-refractivity contribution is 5.74. The maximum atomic E-state index is 12.9. The van der Waals surface area contributed by atoms with E-state index in [9.17, 15) is 9.59 Å². The summed E-state index contributed by atoms with van der Waals surface area (Å²) < 4.78 is 4.62. The summed E-state index contributed by atoms with van der Waals surface area (Å²) in [6, 6.07) is 10.1. The Bertz CT molecular complexity index is 1070. The van der Waals surface area contributed by atoms with Crippen molar-refractivity contribution in [2.45, 2.75) is 32.2 Å². The second kappa shape index (κ2) is 7.06. The van der Waals surface area contributed by atoms with Crippen molar-refractivity contribution in [2.75, 3.05) is 18.0 Å². The van der Waals surface area contributed by atoms with Gasteiger partial charge in [-0.3, -0.25) is 18.5 Å². The van der Waals surface area contributed by atoms with Crippen molar-refractivity contribution in [1.82, 2.24) is 18.7 Å². The highest BCUT2D eigenvalue weighted by Crippen LogP contribution is 2.24. The summed E-state index contributed by atoms with van der Waals surface area (Å²) in [4.78, 5) is 32.4. The quantitative estimate of drug-likeness (QED) is 0.709. The van der Waals surface area contributed by atoms with Gasteiger partial charge in [0.2, 0.25) is 5.95 Å². The first-order valence-electron chi connectivity index (χ1n) is 9.53. The summed E-state index contributed by atoms with van der Waals surface area (Å²) >= 11 is 0. The number of hydrogen-bond donors (Lipinski definition) is 0. The van der Waals surface area contributed by atoms with Crippen LogP contribution in [-0.4, -0.2) is 31.8 Å². The van der Waals surface area contributed by atoms with Crippen molar-refractivity contribution in [2.24, 2.45) is 14.1 Å². The van der Waals surface area contributed by atoms with E-state index in [-0.39, 0.29) is 11.2 Å². The molecule has 0 N–H and O–H groups in total. The lowest BCUT2D eigenvalue weighted by Crippen LogP contribution is -2.37. The Morgan fingerprint density at radius 2 is 1.59 bits per heavy atom. The van der Waals surface area contributed by atoms with E-state index in [1.165, 1.54) is 24.5 Å². The summed E-state index contributed by atoms with van der Waals surface area (Å²) in [5, 5.41) is 0. The number of aromatic nitrogens is 4. The average molecular weight is 367 g/mol. The van der Waals surface area contributed by atoms with Gasteiger partial charge in [0.05, 0.1) is 6.54 Å². The van der Waals surface area contributed by atoms with Crippen LogP contribution in [-0.2, 0) is 20.6 Å². The van der Waals surface area contributed by atoms with E-state index in [4.69, 9.17) is 4.98 Å². The SMILES string of the molecule is Cn1c(=O)c2c(nc(N3CCCCCC3)n2Cc2ccccc2)n(C)c1=O. The molecule has 1 saturated heterocycles. The monoisotopic (exact) mass is 367 g/mol. The molecule has 7 heteroatoms. The number of hydrogen-bond acceptors (Lipinski definition) is 4. The van der Waals surface area contributed by atoms with E-state index < -0.39 is 0 Å². The fourth-order valence-corrected chi connectivity index (χ4v) is 3.86. The Balaban J connectivity index is 1.96. The average Bonchev–Trinajstić information content (AvgIpc) is 2.86. The first-order chi connectivity index (χ1) is 13.1. The van der Waals surface area contributed by atoms with Crippen molar-refractivity contribution >= 4 is 17.1 Å². The topological polar surface area (TPSA) is 65.1 Å². The van der Waals surface area contributed by atoms with Crippen LogP contribution < -0.4 is 16.1 Å². The standard InChI is InChI=1S/C20H25N5O2/c1-22-17-16(18(26)23(2)20(22)27)25(14-15-10-6-5-7-11-15)19(21-17)24-12-8-3-4-9-13-24/h5-7,10-11H,3-4,8-9,12-14H2,1-2H3. The summed E-state index contributed by atoms with van der Waals surface area (Å²) in [7, 11) is 3.20. The predicted molar refractivity (Wildman–Crippen MR) is 106 cm³/mol. The molecule has 3 aromatic rings. The lowest BCUT2D eigenvalue weighted by Gasteiger charge is -2.22. The maximum Gasteiger partial charge on any atom is 0.332 e. The molecular formula is C20H25N5O2. The first kappa shape index (κ1) is 17.6. The molecule has 0 bridgehead atoms. The number of nitrogens with zero attached hydrogens (tertiary/aromatic N) is 5. The minimum atomic E-state index is -0.348. The van der Waals surface area contributed by atoms with Crippen LogP contribution in [0.15, 0.2) is 39.9 Å². The van der Waals surface area contributed by atoms with Crippen molar-refractivity contribution in [3.05, 3.63) is 56.7 Å². The molecular weight excluding hydrogens is 342 g/mol. The third-order valence-corrected chi connectivity index (χ3v) is 5.40. The molecule has 0 spiro atoms. The number of fused-ring (bicyclic) bond motifs is 1. The molecule has 0 aliphatic carbocycles. The molecule has 142 valence electrons. The van der Waals surface area contributed by atoms with Crippen LogP contribution >= 0.6 is 0 Å². The van der Waals surface area contributed by atoms with Gasteiger partial charge in [-0.15, -0.1) is 0 Å². The van der Waals surface area contributed by atoms with Gasteiger partial charge in [0, 0.05) is 27.2 Å². The molecule has 0 unspecified atom stereocenters. The van der Waals surface area contributed by atoms with E-state index in [0.717, 1.165) is 42.0 Å². The van der Waals surface area contributed by atoms with E-state index in [1.807, 2.05) is 34.9 Å². The van der Waals surface area contributed by atoms with Crippen LogP contribution in [0, 0.1) is 0 Å². The summed E-state index contributed by atoms with van der Waals surface area (Å²) in [6.07, 6.45) is 4.67. The van der Waals surface area contributed by atoms with Gasteiger partial charge in [-0.05, 0) is 18.4 Å². The Labute approximate surface area is 157 Å². The zero-order valence-electron chi connectivity index (χ0n) is 15.9. The van der Waals surface area contributed by atoms with Crippen LogP contribution in [0.1, 0.15) is 31.2 Å². The molecule has 2 aromatic heterocycles. The molecule has 1 aliphatic heterocycles.